The molecule has 0 aromatic heterocycles. The number of ether oxygens (including phenoxy) is 1. The van der Waals surface area contributed by atoms with Crippen molar-refractivity contribution in [3.05, 3.63) is 60.2 Å². The number of methoxy groups -OCH3 is 1. The van der Waals surface area contributed by atoms with Crippen molar-refractivity contribution in [2.45, 2.75) is 19.3 Å². The predicted octanol–water partition coefficient (Wildman–Crippen LogP) is 4.86. The van der Waals surface area contributed by atoms with Crippen LogP contribution in [0.5, 0.6) is 5.75 Å². The Balaban J connectivity index is 1.80. The molecule has 2 aromatic rings. The predicted molar refractivity (Wildman–Crippen MR) is 97.8 cm³/mol. The van der Waals surface area contributed by atoms with Crippen molar-refractivity contribution in [2.75, 3.05) is 26.7 Å². The van der Waals surface area contributed by atoms with Crippen LogP contribution in [0.2, 0.25) is 0 Å². The smallest absolute Gasteiger partial charge is 0.126 e. The van der Waals surface area contributed by atoms with E-state index in [4.69, 9.17) is 4.74 Å². The molecule has 1 fully saturated rings. The molecule has 1 aliphatic rings. The summed E-state index contributed by atoms with van der Waals surface area (Å²) in [6.45, 7) is 3.51. The lowest BCUT2D eigenvalue weighted by Gasteiger charge is -2.24. The van der Waals surface area contributed by atoms with Crippen molar-refractivity contribution in [1.82, 2.24) is 4.90 Å². The molecule has 1 saturated heterocycles. The third kappa shape index (κ3) is 4.02. The van der Waals surface area contributed by atoms with E-state index < -0.39 is 0 Å². The molecule has 23 heavy (non-hydrogen) atoms. The van der Waals surface area contributed by atoms with Crippen molar-refractivity contribution in [3.8, 4) is 16.9 Å². The van der Waals surface area contributed by atoms with Crippen LogP contribution in [0.3, 0.4) is 0 Å². The van der Waals surface area contributed by atoms with Crippen LogP contribution in [0, 0.1) is 0 Å². The number of benzene rings is 2. The van der Waals surface area contributed by atoms with Gasteiger partial charge in [-0.2, -0.15) is 0 Å². The molecule has 0 unspecified atom stereocenters. The highest BCUT2D eigenvalue weighted by Gasteiger charge is 2.09. The van der Waals surface area contributed by atoms with E-state index in [9.17, 15) is 0 Å². The zero-order valence-corrected chi connectivity index (χ0v) is 13.9. The maximum absolute atomic E-state index is 5.52. The van der Waals surface area contributed by atoms with Gasteiger partial charge < -0.3 is 4.74 Å². The zero-order chi connectivity index (χ0) is 15.9. The number of piperidine rings is 1. The minimum absolute atomic E-state index is 0.921. The molecule has 0 amide bonds. The fourth-order valence-corrected chi connectivity index (χ4v) is 3.23. The first-order chi connectivity index (χ1) is 11.4. The minimum Gasteiger partial charge on any atom is -0.496 e. The molecule has 1 heterocycles. The van der Waals surface area contributed by atoms with Crippen molar-refractivity contribution < 1.29 is 4.74 Å². The maximum atomic E-state index is 5.52. The van der Waals surface area contributed by atoms with Crippen LogP contribution in [-0.4, -0.2) is 31.6 Å². The number of hydrogen-bond donors (Lipinski definition) is 0. The minimum atomic E-state index is 0.921. The number of rotatable bonds is 5. The van der Waals surface area contributed by atoms with Crippen LogP contribution in [0.15, 0.2) is 54.6 Å². The largest absolute Gasteiger partial charge is 0.496 e. The van der Waals surface area contributed by atoms with Crippen molar-refractivity contribution in [2.24, 2.45) is 0 Å². The Morgan fingerprint density at radius 2 is 1.61 bits per heavy atom. The van der Waals surface area contributed by atoms with Gasteiger partial charge in [0.15, 0.2) is 0 Å². The van der Waals surface area contributed by atoms with Crippen molar-refractivity contribution in [3.63, 3.8) is 0 Å². The van der Waals surface area contributed by atoms with Gasteiger partial charge in [0.25, 0.3) is 0 Å². The van der Waals surface area contributed by atoms with E-state index in [2.05, 4.69) is 53.5 Å². The van der Waals surface area contributed by atoms with Gasteiger partial charge >= 0.3 is 0 Å². The molecule has 0 spiro atoms. The molecule has 1 aliphatic heterocycles. The highest BCUT2D eigenvalue weighted by Crippen LogP contribution is 2.32. The molecule has 0 atom stereocenters. The topological polar surface area (TPSA) is 12.5 Å². The molecule has 0 radical (unpaired) electrons. The first-order valence-electron chi connectivity index (χ1n) is 8.50. The van der Waals surface area contributed by atoms with Crippen LogP contribution >= 0.6 is 0 Å². The monoisotopic (exact) mass is 307 g/mol. The molecular formula is C21H25NO. The first kappa shape index (κ1) is 15.8. The van der Waals surface area contributed by atoms with Crippen molar-refractivity contribution >= 4 is 6.08 Å². The molecule has 2 aromatic carbocycles. The Morgan fingerprint density at radius 1 is 0.913 bits per heavy atom. The molecule has 0 N–H and O–H groups in total. The van der Waals surface area contributed by atoms with Gasteiger partial charge in [0, 0.05) is 12.1 Å². The lowest BCUT2D eigenvalue weighted by molar-refractivity contribution is 0.252. The summed E-state index contributed by atoms with van der Waals surface area (Å²) in [5.74, 6) is 0.921. The number of nitrogens with zero attached hydrogens (tertiary/aromatic N) is 1. The summed E-state index contributed by atoms with van der Waals surface area (Å²) in [4.78, 5) is 2.53. The van der Waals surface area contributed by atoms with E-state index in [0.717, 1.165) is 17.9 Å². The average molecular weight is 307 g/mol. The highest BCUT2D eigenvalue weighted by atomic mass is 16.5. The quantitative estimate of drug-likeness (QED) is 0.782. The van der Waals surface area contributed by atoms with Crippen LogP contribution in [0.25, 0.3) is 17.2 Å². The van der Waals surface area contributed by atoms with E-state index in [1.165, 1.54) is 43.5 Å². The Hall–Kier alpha value is -2.06. The lowest BCUT2D eigenvalue weighted by atomic mass is 9.98. The lowest BCUT2D eigenvalue weighted by Crippen LogP contribution is -2.29. The van der Waals surface area contributed by atoms with Gasteiger partial charge in [0.05, 0.1) is 7.11 Å². The fourth-order valence-electron chi connectivity index (χ4n) is 3.23. The maximum Gasteiger partial charge on any atom is 0.126 e. The van der Waals surface area contributed by atoms with E-state index in [1.54, 1.807) is 7.11 Å². The number of para-hydroxylation sites is 1. The van der Waals surface area contributed by atoms with Gasteiger partial charge in [-0.15, -0.1) is 0 Å². The second-order valence-electron chi connectivity index (χ2n) is 6.05. The second kappa shape index (κ2) is 7.98. The highest BCUT2D eigenvalue weighted by molar-refractivity contribution is 5.79. The van der Waals surface area contributed by atoms with Gasteiger partial charge in [0.2, 0.25) is 0 Å². The Labute approximate surface area is 139 Å². The van der Waals surface area contributed by atoms with E-state index >= 15 is 0 Å². The van der Waals surface area contributed by atoms with E-state index in [0.29, 0.717) is 0 Å². The average Bonchev–Trinajstić information content (AvgIpc) is 2.63. The van der Waals surface area contributed by atoms with Gasteiger partial charge in [-0.25, -0.2) is 0 Å². The molecule has 0 saturated carbocycles. The van der Waals surface area contributed by atoms with Crippen LogP contribution in [0.4, 0.5) is 0 Å². The normalized spacial score (nSPS) is 15.9. The summed E-state index contributed by atoms with van der Waals surface area (Å²) >= 11 is 0. The standard InChI is InChI=1S/C21H25NO/c1-23-21-14-6-5-13-20(21)19-12-4-3-10-18(19)11-9-17-22-15-7-2-8-16-22/h3-6,9-14H,2,7-8,15-17H2,1H3. The molecule has 0 aliphatic carbocycles. The number of hydrogen-bond acceptors (Lipinski definition) is 2. The summed E-state index contributed by atoms with van der Waals surface area (Å²) in [6, 6.07) is 16.7. The second-order valence-corrected chi connectivity index (χ2v) is 6.05. The van der Waals surface area contributed by atoms with Gasteiger partial charge in [0.1, 0.15) is 5.75 Å². The van der Waals surface area contributed by atoms with Gasteiger partial charge in [-0.3, -0.25) is 4.90 Å². The Morgan fingerprint density at radius 3 is 2.39 bits per heavy atom. The summed E-state index contributed by atoms with van der Waals surface area (Å²) in [5.41, 5.74) is 3.61. The molecule has 2 heteroatoms. The first-order valence-corrected chi connectivity index (χ1v) is 8.50. The Kier molecular flexibility index (Phi) is 5.49. The summed E-state index contributed by atoms with van der Waals surface area (Å²) in [5, 5.41) is 0. The fraction of sp³-hybridized carbons (Fsp3) is 0.333. The van der Waals surface area contributed by atoms with Gasteiger partial charge in [-0.05, 0) is 43.1 Å². The third-order valence-electron chi connectivity index (χ3n) is 4.47. The summed E-state index contributed by atoms with van der Waals surface area (Å²) in [6.07, 6.45) is 8.60. The van der Waals surface area contributed by atoms with E-state index in [1.807, 2.05) is 12.1 Å². The molecular weight excluding hydrogens is 282 g/mol. The van der Waals surface area contributed by atoms with Crippen LogP contribution in [0.1, 0.15) is 24.8 Å². The van der Waals surface area contributed by atoms with Gasteiger partial charge in [-0.1, -0.05) is 61.0 Å². The van der Waals surface area contributed by atoms with Crippen LogP contribution in [-0.2, 0) is 0 Å². The summed E-state index contributed by atoms with van der Waals surface area (Å²) in [7, 11) is 1.73. The molecule has 2 nitrogen and oxygen atoms in total. The molecule has 120 valence electrons. The third-order valence-corrected chi connectivity index (χ3v) is 4.47. The zero-order valence-electron chi connectivity index (χ0n) is 13.9. The SMILES string of the molecule is COc1ccccc1-c1ccccc1C=CCN1CCCCC1. The number of likely N-dealkylation sites (tertiary alicyclic amines) is 1. The van der Waals surface area contributed by atoms with Crippen molar-refractivity contribution in [1.29, 1.82) is 0 Å². The van der Waals surface area contributed by atoms with E-state index in [-0.39, 0.29) is 0 Å². The summed E-state index contributed by atoms with van der Waals surface area (Å²) < 4.78 is 5.52. The Bertz CT molecular complexity index is 656. The van der Waals surface area contributed by atoms with Crippen LogP contribution < -0.4 is 4.74 Å². The molecule has 3 rings (SSSR count). The molecule has 0 bridgehead atoms.